The van der Waals surface area contributed by atoms with Gasteiger partial charge < -0.3 is 10.6 Å². The summed E-state index contributed by atoms with van der Waals surface area (Å²) in [6, 6.07) is 4.60. The molecule has 0 radical (unpaired) electrons. The molecule has 1 aromatic heterocycles. The highest BCUT2D eigenvalue weighted by Crippen LogP contribution is 2.29. The number of hydrogen-bond acceptors (Lipinski definition) is 3. The quantitative estimate of drug-likeness (QED) is 0.803. The molecule has 1 unspecified atom stereocenters. The zero-order valence-electron chi connectivity index (χ0n) is 12.8. The molecule has 3 rings (SSSR count). The van der Waals surface area contributed by atoms with Crippen molar-refractivity contribution in [2.75, 3.05) is 18.4 Å². The van der Waals surface area contributed by atoms with Crippen molar-refractivity contribution in [1.29, 1.82) is 0 Å². The van der Waals surface area contributed by atoms with Gasteiger partial charge in [0, 0.05) is 12.5 Å². The largest absolute Gasteiger partial charge is 0.416 e. The van der Waals surface area contributed by atoms with Crippen LogP contribution in [0.3, 0.4) is 0 Å². The topological polar surface area (TPSA) is 69.8 Å². The Kier molecular flexibility index (Phi) is 4.57. The summed E-state index contributed by atoms with van der Waals surface area (Å²) >= 11 is 0. The smallest absolute Gasteiger partial charge is 0.323 e. The van der Waals surface area contributed by atoms with Crippen molar-refractivity contribution < 1.29 is 18.0 Å². The first-order valence-corrected chi connectivity index (χ1v) is 7.63. The molecule has 0 spiro atoms. The molecule has 3 N–H and O–H groups in total. The highest BCUT2D eigenvalue weighted by atomic mass is 19.4. The summed E-state index contributed by atoms with van der Waals surface area (Å²) in [6.07, 6.45) is -1.85. The van der Waals surface area contributed by atoms with E-state index < -0.39 is 11.7 Å². The summed E-state index contributed by atoms with van der Waals surface area (Å²) < 4.78 is 37.6. The number of carbonyl (C=O) groups excluding carboxylic acids is 1. The fraction of sp³-hybridized carbons (Fsp3) is 0.375. The van der Waals surface area contributed by atoms with Crippen LogP contribution in [0.2, 0.25) is 0 Å². The molecule has 1 aromatic carbocycles. The predicted molar refractivity (Wildman–Crippen MR) is 82.6 cm³/mol. The van der Waals surface area contributed by atoms with Gasteiger partial charge in [0.05, 0.1) is 29.6 Å². The molecule has 0 saturated carbocycles. The van der Waals surface area contributed by atoms with Crippen molar-refractivity contribution in [3.8, 4) is 0 Å². The summed E-state index contributed by atoms with van der Waals surface area (Å²) in [6.45, 7) is 1.74. The van der Waals surface area contributed by atoms with E-state index in [4.69, 9.17) is 0 Å². The first-order chi connectivity index (χ1) is 11.4. The van der Waals surface area contributed by atoms with Crippen molar-refractivity contribution in [2.45, 2.75) is 24.9 Å². The van der Waals surface area contributed by atoms with Gasteiger partial charge in [-0.05, 0) is 30.7 Å². The van der Waals surface area contributed by atoms with Gasteiger partial charge in [-0.2, -0.15) is 18.3 Å². The SMILES string of the molecule is O=C(Cc1ccc(C(F)(F)F)cc1)Nc1cn[nH]c1C1CCNC1. The summed E-state index contributed by atoms with van der Waals surface area (Å²) in [4.78, 5) is 12.1. The molecule has 2 aromatic rings. The Bertz CT molecular complexity index is 703. The van der Waals surface area contributed by atoms with Crippen LogP contribution in [-0.4, -0.2) is 29.2 Å². The van der Waals surface area contributed by atoms with Crippen LogP contribution in [-0.2, 0) is 17.4 Å². The number of amides is 1. The Morgan fingerprint density at radius 3 is 2.67 bits per heavy atom. The minimum atomic E-state index is -4.37. The van der Waals surface area contributed by atoms with E-state index in [9.17, 15) is 18.0 Å². The van der Waals surface area contributed by atoms with E-state index in [-0.39, 0.29) is 18.2 Å². The lowest BCUT2D eigenvalue weighted by Gasteiger charge is -2.11. The fourth-order valence-corrected chi connectivity index (χ4v) is 2.80. The number of rotatable bonds is 4. The molecule has 24 heavy (non-hydrogen) atoms. The van der Waals surface area contributed by atoms with Gasteiger partial charge in [0.1, 0.15) is 0 Å². The molecule has 1 aliphatic heterocycles. The lowest BCUT2D eigenvalue weighted by Crippen LogP contribution is -2.16. The van der Waals surface area contributed by atoms with Gasteiger partial charge >= 0.3 is 6.18 Å². The van der Waals surface area contributed by atoms with E-state index >= 15 is 0 Å². The second-order valence-electron chi connectivity index (χ2n) is 5.81. The third-order valence-corrected chi connectivity index (χ3v) is 4.06. The third kappa shape index (κ3) is 3.76. The van der Waals surface area contributed by atoms with Crippen LogP contribution in [0.5, 0.6) is 0 Å². The van der Waals surface area contributed by atoms with Crippen LogP contribution in [0, 0.1) is 0 Å². The number of aromatic nitrogens is 2. The summed E-state index contributed by atoms with van der Waals surface area (Å²) in [5, 5.41) is 12.9. The molecule has 5 nitrogen and oxygen atoms in total. The second kappa shape index (κ2) is 6.64. The number of nitrogens with one attached hydrogen (secondary N) is 3. The van der Waals surface area contributed by atoms with Crippen LogP contribution < -0.4 is 10.6 Å². The van der Waals surface area contributed by atoms with Crippen LogP contribution in [0.25, 0.3) is 0 Å². The Balaban J connectivity index is 1.63. The minimum absolute atomic E-state index is 0.00563. The van der Waals surface area contributed by atoms with E-state index in [2.05, 4.69) is 20.8 Å². The van der Waals surface area contributed by atoms with Gasteiger partial charge in [0.15, 0.2) is 0 Å². The molecule has 8 heteroatoms. The zero-order chi connectivity index (χ0) is 17.2. The molecule has 1 atom stereocenters. The van der Waals surface area contributed by atoms with Gasteiger partial charge in [-0.3, -0.25) is 9.89 Å². The number of nitrogens with zero attached hydrogens (tertiary/aromatic N) is 1. The van der Waals surface area contributed by atoms with Gasteiger partial charge in [0.2, 0.25) is 5.91 Å². The number of anilines is 1. The molecule has 1 saturated heterocycles. The molecule has 0 bridgehead atoms. The molecule has 2 heterocycles. The molecular weight excluding hydrogens is 321 g/mol. The fourth-order valence-electron chi connectivity index (χ4n) is 2.80. The maximum absolute atomic E-state index is 12.5. The van der Waals surface area contributed by atoms with Gasteiger partial charge in [0.25, 0.3) is 0 Å². The zero-order valence-corrected chi connectivity index (χ0v) is 12.8. The summed E-state index contributed by atoms with van der Waals surface area (Å²) in [5.74, 6) is -0.0165. The maximum atomic E-state index is 12.5. The van der Waals surface area contributed by atoms with Gasteiger partial charge in [-0.25, -0.2) is 0 Å². The average molecular weight is 338 g/mol. The van der Waals surface area contributed by atoms with Crippen molar-refractivity contribution in [3.63, 3.8) is 0 Å². The van der Waals surface area contributed by atoms with Crippen molar-refractivity contribution in [2.24, 2.45) is 0 Å². The Morgan fingerprint density at radius 1 is 1.29 bits per heavy atom. The summed E-state index contributed by atoms with van der Waals surface area (Å²) in [5.41, 5.74) is 1.30. The van der Waals surface area contributed by atoms with Gasteiger partial charge in [-0.1, -0.05) is 12.1 Å². The van der Waals surface area contributed by atoms with Crippen molar-refractivity contribution in [1.82, 2.24) is 15.5 Å². The van der Waals surface area contributed by atoms with Crippen molar-refractivity contribution >= 4 is 11.6 Å². The standard InChI is InChI=1S/C16H17F3N4O/c17-16(18,19)12-3-1-10(2-4-12)7-14(24)22-13-9-21-23-15(13)11-5-6-20-8-11/h1-4,9,11,20H,5-8H2,(H,21,23)(H,22,24). The number of halogens is 3. The second-order valence-corrected chi connectivity index (χ2v) is 5.81. The third-order valence-electron chi connectivity index (χ3n) is 4.06. The monoisotopic (exact) mass is 338 g/mol. The van der Waals surface area contributed by atoms with Gasteiger partial charge in [-0.15, -0.1) is 0 Å². The lowest BCUT2D eigenvalue weighted by molar-refractivity contribution is -0.137. The number of benzene rings is 1. The number of carbonyl (C=O) groups is 1. The van der Waals surface area contributed by atoms with Crippen LogP contribution in [0.1, 0.15) is 29.2 Å². The molecule has 1 aliphatic rings. The number of H-pyrrole nitrogens is 1. The molecular formula is C16H17F3N4O. The van der Waals surface area contributed by atoms with Crippen LogP contribution >= 0.6 is 0 Å². The summed E-state index contributed by atoms with van der Waals surface area (Å²) in [7, 11) is 0. The molecule has 1 amide bonds. The Hall–Kier alpha value is -2.35. The van der Waals surface area contributed by atoms with E-state index in [1.165, 1.54) is 12.1 Å². The highest BCUT2D eigenvalue weighted by molar-refractivity contribution is 5.92. The lowest BCUT2D eigenvalue weighted by atomic mass is 10.0. The van der Waals surface area contributed by atoms with Crippen LogP contribution in [0.15, 0.2) is 30.5 Å². The van der Waals surface area contributed by atoms with E-state index in [1.807, 2.05) is 0 Å². The average Bonchev–Trinajstić information content (AvgIpc) is 3.17. The normalized spacial score (nSPS) is 17.9. The highest BCUT2D eigenvalue weighted by Gasteiger charge is 2.30. The van der Waals surface area contributed by atoms with Crippen LogP contribution in [0.4, 0.5) is 18.9 Å². The predicted octanol–water partition coefficient (Wildman–Crippen LogP) is 2.69. The first-order valence-electron chi connectivity index (χ1n) is 7.63. The number of alkyl halides is 3. The number of hydrogen-bond donors (Lipinski definition) is 3. The molecule has 1 fully saturated rings. The van der Waals surface area contributed by atoms with E-state index in [0.29, 0.717) is 11.3 Å². The number of aromatic amines is 1. The molecule has 0 aliphatic carbocycles. The maximum Gasteiger partial charge on any atom is 0.416 e. The Labute approximate surface area is 136 Å². The first kappa shape index (κ1) is 16.5. The van der Waals surface area contributed by atoms with E-state index in [1.54, 1.807) is 6.20 Å². The van der Waals surface area contributed by atoms with Crippen molar-refractivity contribution in [3.05, 3.63) is 47.3 Å². The molecule has 128 valence electrons. The minimum Gasteiger partial charge on any atom is -0.323 e. The Morgan fingerprint density at radius 2 is 2.04 bits per heavy atom. The van der Waals surface area contributed by atoms with E-state index in [0.717, 1.165) is 37.3 Å².